The van der Waals surface area contributed by atoms with Crippen molar-refractivity contribution in [3.05, 3.63) is 36.4 Å². The normalized spacial score (nSPS) is 11.6. The Bertz CT molecular complexity index is 609. The molecule has 1 aromatic heterocycles. The first kappa shape index (κ1) is 12.5. The third-order valence-electron chi connectivity index (χ3n) is 2.33. The van der Waals surface area contributed by atoms with Gasteiger partial charge < -0.3 is 5.73 Å². The number of nitrogen functional groups attached to an aromatic ring is 1. The molecule has 0 amide bonds. The van der Waals surface area contributed by atoms with Crippen LogP contribution in [-0.2, 0) is 16.4 Å². The minimum atomic E-state index is -3.58. The second kappa shape index (κ2) is 5.15. The molecule has 0 aliphatic rings. The van der Waals surface area contributed by atoms with E-state index in [-0.39, 0.29) is 17.1 Å². The van der Waals surface area contributed by atoms with Crippen molar-refractivity contribution in [3.63, 3.8) is 0 Å². The van der Waals surface area contributed by atoms with Gasteiger partial charge in [-0.1, -0.05) is 12.1 Å². The van der Waals surface area contributed by atoms with Gasteiger partial charge in [-0.3, -0.25) is 5.10 Å². The van der Waals surface area contributed by atoms with Gasteiger partial charge in [0.05, 0.1) is 5.69 Å². The molecule has 0 fully saturated rings. The molecule has 0 atom stereocenters. The van der Waals surface area contributed by atoms with Crippen LogP contribution in [0.15, 0.2) is 35.5 Å². The second-order valence-electron chi connectivity index (χ2n) is 3.62. The third-order valence-corrected chi connectivity index (χ3v) is 3.86. The van der Waals surface area contributed by atoms with E-state index in [9.17, 15) is 8.42 Å². The van der Waals surface area contributed by atoms with Gasteiger partial charge in [0.25, 0.3) is 0 Å². The van der Waals surface area contributed by atoms with Crippen molar-refractivity contribution >= 4 is 15.7 Å². The van der Waals surface area contributed by atoms with Gasteiger partial charge in [-0.25, -0.2) is 18.1 Å². The lowest BCUT2D eigenvalue weighted by Gasteiger charge is -2.07. The first-order valence-corrected chi connectivity index (χ1v) is 6.76. The van der Waals surface area contributed by atoms with Gasteiger partial charge >= 0.3 is 0 Å². The molecule has 2 aromatic rings. The zero-order valence-electron chi connectivity index (χ0n) is 9.50. The van der Waals surface area contributed by atoms with Crippen molar-refractivity contribution in [3.8, 4) is 0 Å². The van der Waals surface area contributed by atoms with Crippen LogP contribution in [0.4, 0.5) is 5.69 Å². The van der Waals surface area contributed by atoms with Crippen molar-refractivity contribution < 1.29 is 8.42 Å². The molecule has 0 aliphatic carbocycles. The minimum absolute atomic E-state index is 0.0857. The Labute approximate surface area is 104 Å². The Morgan fingerprint density at radius 2 is 2.11 bits per heavy atom. The van der Waals surface area contributed by atoms with E-state index < -0.39 is 10.0 Å². The molecule has 0 aliphatic heterocycles. The number of anilines is 1. The van der Waals surface area contributed by atoms with Crippen LogP contribution in [0.25, 0.3) is 0 Å². The van der Waals surface area contributed by atoms with E-state index in [1.807, 2.05) is 0 Å². The van der Waals surface area contributed by atoms with Crippen molar-refractivity contribution in [2.24, 2.45) is 0 Å². The molecular weight excluding hydrogens is 254 g/mol. The number of H-pyrrole nitrogens is 1. The number of nitrogens with one attached hydrogen (secondary N) is 2. The van der Waals surface area contributed by atoms with E-state index in [0.717, 1.165) is 0 Å². The van der Waals surface area contributed by atoms with Crippen molar-refractivity contribution in [2.45, 2.75) is 11.3 Å². The molecule has 18 heavy (non-hydrogen) atoms. The fourth-order valence-electron chi connectivity index (χ4n) is 1.46. The quantitative estimate of drug-likeness (QED) is 0.655. The van der Waals surface area contributed by atoms with Gasteiger partial charge in [0.2, 0.25) is 10.0 Å². The maximum absolute atomic E-state index is 11.9. The molecule has 96 valence electrons. The summed E-state index contributed by atoms with van der Waals surface area (Å²) in [6, 6.07) is 6.32. The Hall–Kier alpha value is -1.93. The molecule has 1 aromatic carbocycles. The lowest BCUT2D eigenvalue weighted by Crippen LogP contribution is -2.27. The van der Waals surface area contributed by atoms with Gasteiger partial charge in [0.15, 0.2) is 0 Å². The van der Waals surface area contributed by atoms with Crippen LogP contribution < -0.4 is 10.5 Å². The summed E-state index contributed by atoms with van der Waals surface area (Å²) in [5, 5.41) is 6.33. The fourth-order valence-corrected chi connectivity index (χ4v) is 2.62. The summed E-state index contributed by atoms with van der Waals surface area (Å²) in [6.45, 7) is 0.228. The predicted molar refractivity (Wildman–Crippen MR) is 66.1 cm³/mol. The number of benzene rings is 1. The minimum Gasteiger partial charge on any atom is -0.398 e. The summed E-state index contributed by atoms with van der Waals surface area (Å²) in [5.74, 6) is 0.624. The first-order valence-electron chi connectivity index (χ1n) is 5.28. The summed E-state index contributed by atoms with van der Waals surface area (Å²) in [6.07, 6.45) is 1.81. The second-order valence-corrected chi connectivity index (χ2v) is 5.35. The maximum Gasteiger partial charge on any atom is 0.242 e. The SMILES string of the molecule is Nc1ccccc1S(=O)(=O)NCCc1ncn[nH]1. The number of sulfonamides is 1. The van der Waals surface area contributed by atoms with Gasteiger partial charge in [0, 0.05) is 13.0 Å². The number of hydrogen-bond acceptors (Lipinski definition) is 5. The maximum atomic E-state index is 11.9. The molecule has 0 bridgehead atoms. The van der Waals surface area contributed by atoms with Gasteiger partial charge in [0.1, 0.15) is 17.0 Å². The zero-order chi connectivity index (χ0) is 13.0. The smallest absolute Gasteiger partial charge is 0.242 e. The van der Waals surface area contributed by atoms with Crippen LogP contribution in [0.1, 0.15) is 5.82 Å². The van der Waals surface area contributed by atoms with E-state index in [2.05, 4.69) is 19.9 Å². The molecule has 0 spiro atoms. The molecule has 0 saturated carbocycles. The topological polar surface area (TPSA) is 114 Å². The van der Waals surface area contributed by atoms with E-state index in [4.69, 9.17) is 5.73 Å². The van der Waals surface area contributed by atoms with E-state index in [0.29, 0.717) is 12.2 Å². The summed E-state index contributed by atoms with van der Waals surface area (Å²) in [4.78, 5) is 3.99. The Balaban J connectivity index is 2.02. The third kappa shape index (κ3) is 2.84. The van der Waals surface area contributed by atoms with E-state index >= 15 is 0 Å². The molecule has 2 rings (SSSR count). The van der Waals surface area contributed by atoms with Gasteiger partial charge in [-0.05, 0) is 12.1 Å². The van der Waals surface area contributed by atoms with Crippen LogP contribution >= 0.6 is 0 Å². The monoisotopic (exact) mass is 267 g/mol. The first-order chi connectivity index (χ1) is 8.59. The van der Waals surface area contributed by atoms with Crippen LogP contribution in [-0.4, -0.2) is 30.1 Å². The number of nitrogens with two attached hydrogens (primary N) is 1. The Kier molecular flexibility index (Phi) is 3.58. The Morgan fingerprint density at radius 3 is 2.78 bits per heavy atom. The number of aromatic amines is 1. The molecular formula is C10H13N5O2S. The molecule has 0 radical (unpaired) electrons. The lowest BCUT2D eigenvalue weighted by molar-refractivity contribution is 0.581. The van der Waals surface area contributed by atoms with Crippen molar-refractivity contribution in [2.75, 3.05) is 12.3 Å². The van der Waals surface area contributed by atoms with Crippen LogP contribution in [0.3, 0.4) is 0 Å². The van der Waals surface area contributed by atoms with Gasteiger partial charge in [-0.2, -0.15) is 5.10 Å². The van der Waals surface area contributed by atoms with Crippen LogP contribution in [0, 0.1) is 0 Å². The number of aromatic nitrogens is 3. The highest BCUT2D eigenvalue weighted by Gasteiger charge is 2.16. The highest BCUT2D eigenvalue weighted by molar-refractivity contribution is 7.89. The average Bonchev–Trinajstić information content (AvgIpc) is 2.82. The average molecular weight is 267 g/mol. The molecule has 7 nitrogen and oxygen atoms in total. The molecule has 0 unspecified atom stereocenters. The summed E-state index contributed by atoms with van der Waals surface area (Å²) in [5.41, 5.74) is 5.85. The number of nitrogens with zero attached hydrogens (tertiary/aromatic N) is 2. The van der Waals surface area contributed by atoms with Crippen LogP contribution in [0.5, 0.6) is 0 Å². The molecule has 0 saturated heterocycles. The number of para-hydroxylation sites is 1. The summed E-state index contributed by atoms with van der Waals surface area (Å²) < 4.78 is 26.3. The summed E-state index contributed by atoms with van der Waals surface area (Å²) in [7, 11) is -3.58. The van der Waals surface area contributed by atoms with Crippen LogP contribution in [0.2, 0.25) is 0 Å². The molecule has 4 N–H and O–H groups in total. The molecule has 8 heteroatoms. The Morgan fingerprint density at radius 1 is 1.33 bits per heavy atom. The molecule has 1 heterocycles. The largest absolute Gasteiger partial charge is 0.398 e. The summed E-state index contributed by atoms with van der Waals surface area (Å²) >= 11 is 0. The highest BCUT2D eigenvalue weighted by atomic mass is 32.2. The van der Waals surface area contributed by atoms with Crippen molar-refractivity contribution in [1.29, 1.82) is 0 Å². The van der Waals surface area contributed by atoms with E-state index in [1.165, 1.54) is 12.4 Å². The van der Waals surface area contributed by atoms with Crippen molar-refractivity contribution in [1.82, 2.24) is 19.9 Å². The fraction of sp³-hybridized carbons (Fsp3) is 0.200. The predicted octanol–water partition coefficient (Wildman–Crippen LogP) is -0.0921. The van der Waals surface area contributed by atoms with Gasteiger partial charge in [-0.15, -0.1) is 0 Å². The zero-order valence-corrected chi connectivity index (χ0v) is 10.3. The van der Waals surface area contributed by atoms with E-state index in [1.54, 1.807) is 18.2 Å². The lowest BCUT2D eigenvalue weighted by atomic mass is 10.3. The standard InChI is InChI=1S/C10H13N5O2S/c11-8-3-1-2-4-9(8)18(16,17)14-6-5-10-12-7-13-15-10/h1-4,7,14H,5-6,11H2,(H,12,13,15). The highest BCUT2D eigenvalue weighted by Crippen LogP contribution is 2.16. The number of hydrogen-bond donors (Lipinski definition) is 3. The number of rotatable bonds is 5.